The molecule has 1 aromatic heterocycles. The van der Waals surface area contributed by atoms with Crippen molar-refractivity contribution in [3.63, 3.8) is 0 Å². The van der Waals surface area contributed by atoms with Gasteiger partial charge < -0.3 is 0 Å². The van der Waals surface area contributed by atoms with E-state index in [9.17, 15) is 14.0 Å². The Balaban J connectivity index is 2.27. The van der Waals surface area contributed by atoms with Crippen molar-refractivity contribution in [2.45, 2.75) is 19.4 Å². The maximum absolute atomic E-state index is 13.6. The molecule has 0 spiro atoms. The Morgan fingerprint density at radius 1 is 1.40 bits per heavy atom. The molecule has 0 radical (unpaired) electrons. The van der Waals surface area contributed by atoms with E-state index in [4.69, 9.17) is 0 Å². The highest BCUT2D eigenvalue weighted by molar-refractivity contribution is 7.07. The highest BCUT2D eigenvalue weighted by atomic mass is 32.1. The molecule has 6 heteroatoms. The summed E-state index contributed by atoms with van der Waals surface area (Å²) in [6.45, 7) is 1.83. The largest absolute Gasteiger partial charge is 0.277 e. The summed E-state index contributed by atoms with van der Waals surface area (Å²) < 4.78 is 15.0. The van der Waals surface area contributed by atoms with Crippen LogP contribution >= 0.6 is 11.3 Å². The van der Waals surface area contributed by atoms with Gasteiger partial charge in [0.05, 0.1) is 10.6 Å². The standard InChI is InChI=1S/C14H11FN2O2S/c1-8-6-12(18)17-13(19)11(20-14(17)16-8)7-9-4-2-3-5-10(9)15/h2-5,7-8H,6H2,1H3. The van der Waals surface area contributed by atoms with E-state index < -0.39 is 11.4 Å². The molecule has 4 nitrogen and oxygen atoms in total. The van der Waals surface area contributed by atoms with Gasteiger partial charge in [-0.25, -0.2) is 8.96 Å². The highest BCUT2D eigenvalue weighted by Crippen LogP contribution is 2.07. The molecular weight excluding hydrogens is 279 g/mol. The number of halogens is 1. The van der Waals surface area contributed by atoms with Crippen molar-refractivity contribution in [3.8, 4) is 0 Å². The van der Waals surface area contributed by atoms with Gasteiger partial charge in [0.25, 0.3) is 5.56 Å². The molecule has 0 saturated carbocycles. The molecule has 1 unspecified atom stereocenters. The molecule has 0 saturated heterocycles. The van der Waals surface area contributed by atoms with Crippen molar-refractivity contribution < 1.29 is 9.18 Å². The predicted octanol–water partition coefficient (Wildman–Crippen LogP) is 0.930. The van der Waals surface area contributed by atoms with Crippen LogP contribution in [-0.2, 0) is 0 Å². The minimum absolute atomic E-state index is 0.123. The first-order valence-corrected chi connectivity index (χ1v) is 6.97. The van der Waals surface area contributed by atoms with Gasteiger partial charge in [-0.15, -0.1) is 0 Å². The van der Waals surface area contributed by atoms with E-state index in [1.54, 1.807) is 18.2 Å². The molecule has 1 atom stereocenters. The lowest BCUT2D eigenvalue weighted by molar-refractivity contribution is 0.0877. The smallest absolute Gasteiger partial charge is 0.274 e. The van der Waals surface area contributed by atoms with Gasteiger partial charge in [-0.1, -0.05) is 29.5 Å². The Bertz CT molecular complexity index is 866. The van der Waals surface area contributed by atoms with Crippen molar-refractivity contribution in [1.82, 2.24) is 4.57 Å². The summed E-state index contributed by atoms with van der Waals surface area (Å²) in [5.41, 5.74) is -0.0989. The second kappa shape index (κ2) is 4.79. The van der Waals surface area contributed by atoms with Crippen LogP contribution in [0.4, 0.5) is 4.39 Å². The van der Waals surface area contributed by atoms with E-state index in [0.29, 0.717) is 14.9 Å². The fraction of sp³-hybridized carbons (Fsp3) is 0.214. The average Bonchev–Trinajstić information content (AvgIpc) is 2.69. The van der Waals surface area contributed by atoms with Crippen LogP contribution in [0.1, 0.15) is 23.7 Å². The molecule has 0 amide bonds. The number of fused-ring (bicyclic) bond motifs is 1. The van der Waals surface area contributed by atoms with E-state index in [2.05, 4.69) is 4.99 Å². The molecule has 0 N–H and O–H groups in total. The molecule has 0 fully saturated rings. The molecule has 0 aliphatic carbocycles. The third-order valence-electron chi connectivity index (χ3n) is 3.05. The Morgan fingerprint density at radius 3 is 2.90 bits per heavy atom. The van der Waals surface area contributed by atoms with Gasteiger partial charge in [0, 0.05) is 12.0 Å². The number of rotatable bonds is 1. The van der Waals surface area contributed by atoms with Crippen LogP contribution in [0.3, 0.4) is 0 Å². The normalized spacial score (nSPS) is 18.8. The summed E-state index contributed by atoms with van der Waals surface area (Å²) in [7, 11) is 0. The predicted molar refractivity (Wildman–Crippen MR) is 74.0 cm³/mol. The monoisotopic (exact) mass is 290 g/mol. The Labute approximate surface area is 117 Å². The van der Waals surface area contributed by atoms with E-state index in [-0.39, 0.29) is 18.4 Å². The van der Waals surface area contributed by atoms with Gasteiger partial charge >= 0.3 is 0 Å². The lowest BCUT2D eigenvalue weighted by atomic mass is 10.2. The zero-order chi connectivity index (χ0) is 14.3. The fourth-order valence-corrected chi connectivity index (χ4v) is 3.16. The molecule has 20 heavy (non-hydrogen) atoms. The molecule has 3 rings (SSSR count). The molecule has 1 aliphatic heterocycles. The van der Waals surface area contributed by atoms with Gasteiger partial charge in [-0.3, -0.25) is 14.6 Å². The number of hydrogen-bond donors (Lipinski definition) is 0. The summed E-state index contributed by atoms with van der Waals surface area (Å²) >= 11 is 1.11. The second-order valence-corrected chi connectivity index (χ2v) is 5.64. The molecule has 1 aliphatic rings. The van der Waals surface area contributed by atoms with Gasteiger partial charge in [0.2, 0.25) is 5.91 Å². The van der Waals surface area contributed by atoms with Crippen molar-refractivity contribution >= 4 is 23.3 Å². The van der Waals surface area contributed by atoms with Gasteiger partial charge in [0.15, 0.2) is 4.80 Å². The summed E-state index contributed by atoms with van der Waals surface area (Å²) in [5, 5.41) is 0. The van der Waals surface area contributed by atoms with Crippen molar-refractivity contribution in [1.29, 1.82) is 0 Å². The number of aromatic nitrogens is 1. The fourth-order valence-electron chi connectivity index (χ4n) is 2.09. The molecule has 2 heterocycles. The van der Waals surface area contributed by atoms with Crippen LogP contribution in [-0.4, -0.2) is 16.5 Å². The average molecular weight is 290 g/mol. The zero-order valence-corrected chi connectivity index (χ0v) is 11.5. The number of carbonyl (C=O) groups is 1. The molecule has 102 valence electrons. The Hall–Kier alpha value is -2.08. The van der Waals surface area contributed by atoms with E-state index in [1.807, 2.05) is 6.92 Å². The number of hydrogen-bond acceptors (Lipinski definition) is 4. The number of benzene rings is 1. The summed E-state index contributed by atoms with van der Waals surface area (Å²) in [6, 6.07) is 6.06. The van der Waals surface area contributed by atoms with E-state index >= 15 is 0 Å². The van der Waals surface area contributed by atoms with Crippen LogP contribution in [0, 0.1) is 5.82 Å². The SMILES string of the molecule is CC1CC(=O)n2c(sc(=Cc3ccccc3F)c2=O)=N1. The molecule has 2 aromatic rings. The lowest BCUT2D eigenvalue weighted by Crippen LogP contribution is -2.40. The molecule has 0 bridgehead atoms. The third kappa shape index (κ3) is 2.12. The maximum atomic E-state index is 13.6. The topological polar surface area (TPSA) is 51.4 Å². The van der Waals surface area contributed by atoms with Gasteiger partial charge in [0.1, 0.15) is 5.82 Å². The minimum atomic E-state index is -0.422. The Kier molecular flexibility index (Phi) is 3.10. The number of nitrogens with zero attached hydrogens (tertiary/aromatic N) is 2. The van der Waals surface area contributed by atoms with Gasteiger partial charge in [-0.2, -0.15) is 0 Å². The minimum Gasteiger partial charge on any atom is -0.274 e. The quantitative estimate of drug-likeness (QED) is 0.784. The van der Waals surface area contributed by atoms with Crippen molar-refractivity contribution in [3.05, 3.63) is 55.3 Å². The third-order valence-corrected chi connectivity index (χ3v) is 4.03. The van der Waals surface area contributed by atoms with Crippen LogP contribution in [0.2, 0.25) is 0 Å². The highest BCUT2D eigenvalue weighted by Gasteiger charge is 2.20. The van der Waals surface area contributed by atoms with Crippen LogP contribution < -0.4 is 14.9 Å². The first-order chi connectivity index (χ1) is 9.56. The van der Waals surface area contributed by atoms with Crippen LogP contribution in [0.5, 0.6) is 0 Å². The first kappa shape index (κ1) is 12.9. The second-order valence-electron chi connectivity index (χ2n) is 4.63. The van der Waals surface area contributed by atoms with Gasteiger partial charge in [-0.05, 0) is 19.1 Å². The van der Waals surface area contributed by atoms with Crippen LogP contribution in [0.15, 0.2) is 34.1 Å². The van der Waals surface area contributed by atoms with Crippen molar-refractivity contribution in [2.24, 2.45) is 4.99 Å². The van der Waals surface area contributed by atoms with E-state index in [0.717, 1.165) is 15.9 Å². The first-order valence-electron chi connectivity index (χ1n) is 6.15. The molecular formula is C14H11FN2O2S. The Morgan fingerprint density at radius 2 is 2.15 bits per heavy atom. The van der Waals surface area contributed by atoms with E-state index in [1.165, 1.54) is 12.1 Å². The molecule has 1 aromatic carbocycles. The van der Waals surface area contributed by atoms with Crippen molar-refractivity contribution in [2.75, 3.05) is 0 Å². The summed E-state index contributed by atoms with van der Waals surface area (Å²) in [6.07, 6.45) is 1.68. The summed E-state index contributed by atoms with van der Waals surface area (Å²) in [5.74, 6) is -0.656. The lowest BCUT2D eigenvalue weighted by Gasteiger charge is -2.09. The maximum Gasteiger partial charge on any atom is 0.277 e. The zero-order valence-electron chi connectivity index (χ0n) is 10.7. The number of carbonyl (C=O) groups excluding carboxylic acids is 1. The number of thiazole rings is 1. The summed E-state index contributed by atoms with van der Waals surface area (Å²) in [4.78, 5) is 28.7. The van der Waals surface area contributed by atoms with Crippen LogP contribution in [0.25, 0.3) is 6.08 Å².